The normalized spacial score (nSPS) is 11.8. The van der Waals surface area contributed by atoms with Crippen molar-refractivity contribution in [3.63, 3.8) is 0 Å². The first kappa shape index (κ1) is 13.2. The molecule has 92 valence electrons. The van der Waals surface area contributed by atoms with Crippen LogP contribution < -0.4 is 5.73 Å². The van der Waals surface area contributed by atoms with Crippen molar-refractivity contribution < 1.29 is 14.3 Å². The molecule has 2 N–H and O–H groups in total. The second kappa shape index (κ2) is 6.68. The average Bonchev–Trinajstić information content (AvgIpc) is 2.29. The Labute approximate surface area is 101 Å². The third-order valence-corrected chi connectivity index (χ3v) is 2.32. The van der Waals surface area contributed by atoms with Crippen LogP contribution in [0.15, 0.2) is 30.3 Å². The number of hydrogen-bond donors (Lipinski definition) is 1. The van der Waals surface area contributed by atoms with Gasteiger partial charge in [-0.3, -0.25) is 4.79 Å². The van der Waals surface area contributed by atoms with Gasteiger partial charge in [0.25, 0.3) is 0 Å². The predicted octanol–water partition coefficient (Wildman–Crippen LogP) is 1.89. The Morgan fingerprint density at radius 1 is 1.29 bits per heavy atom. The smallest absolute Gasteiger partial charge is 0.338 e. The van der Waals surface area contributed by atoms with E-state index in [4.69, 9.17) is 10.5 Å². The lowest BCUT2D eigenvalue weighted by Crippen LogP contribution is -2.25. The van der Waals surface area contributed by atoms with Gasteiger partial charge in [-0.2, -0.15) is 0 Å². The van der Waals surface area contributed by atoms with Gasteiger partial charge >= 0.3 is 5.97 Å². The van der Waals surface area contributed by atoms with E-state index in [9.17, 15) is 9.59 Å². The Bertz CT molecular complexity index is 376. The van der Waals surface area contributed by atoms with E-state index in [1.54, 1.807) is 24.3 Å². The number of ether oxygens (including phenoxy) is 1. The number of rotatable bonds is 6. The number of esters is 1. The first-order valence-corrected chi connectivity index (χ1v) is 5.67. The molecule has 0 saturated heterocycles. The van der Waals surface area contributed by atoms with Gasteiger partial charge in [-0.15, -0.1) is 0 Å². The van der Waals surface area contributed by atoms with Crippen LogP contribution >= 0.6 is 0 Å². The largest absolute Gasteiger partial charge is 0.458 e. The molecule has 1 amide bonds. The summed E-state index contributed by atoms with van der Waals surface area (Å²) in [6.07, 6.45) is 1.12. The van der Waals surface area contributed by atoms with Gasteiger partial charge in [0.1, 0.15) is 6.10 Å². The Balaban J connectivity index is 2.60. The maximum atomic E-state index is 11.7. The lowest BCUT2D eigenvalue weighted by molar-refractivity contribution is -0.120. The zero-order valence-electron chi connectivity index (χ0n) is 9.89. The first-order valence-electron chi connectivity index (χ1n) is 5.67. The van der Waals surface area contributed by atoms with Gasteiger partial charge in [0.15, 0.2) is 0 Å². The molecule has 4 nitrogen and oxygen atoms in total. The summed E-state index contributed by atoms with van der Waals surface area (Å²) in [5.74, 6) is -0.866. The molecule has 0 radical (unpaired) electrons. The Kier molecular flexibility index (Phi) is 5.20. The molecule has 0 aliphatic carbocycles. The molecule has 0 bridgehead atoms. The number of nitrogens with two attached hydrogens (primary N) is 1. The maximum Gasteiger partial charge on any atom is 0.338 e. The van der Waals surface area contributed by atoms with E-state index in [0.29, 0.717) is 12.0 Å². The van der Waals surface area contributed by atoms with E-state index in [2.05, 4.69) is 0 Å². The maximum absolute atomic E-state index is 11.7. The Hall–Kier alpha value is -1.84. The fourth-order valence-corrected chi connectivity index (χ4v) is 1.54. The number of primary amides is 1. The quantitative estimate of drug-likeness (QED) is 0.765. The molecule has 0 fully saturated rings. The summed E-state index contributed by atoms with van der Waals surface area (Å²) >= 11 is 0. The monoisotopic (exact) mass is 235 g/mol. The summed E-state index contributed by atoms with van der Waals surface area (Å²) in [6.45, 7) is 1.96. The molecule has 1 aromatic carbocycles. The van der Waals surface area contributed by atoms with Crippen molar-refractivity contribution in [1.82, 2.24) is 0 Å². The molecule has 1 atom stereocenters. The molecule has 1 aromatic rings. The minimum Gasteiger partial charge on any atom is -0.458 e. The van der Waals surface area contributed by atoms with Crippen LogP contribution in [0, 0.1) is 0 Å². The molecule has 1 unspecified atom stereocenters. The highest BCUT2D eigenvalue weighted by Gasteiger charge is 2.17. The van der Waals surface area contributed by atoms with E-state index in [1.807, 2.05) is 13.0 Å². The number of benzene rings is 1. The molecular weight excluding hydrogens is 218 g/mol. The van der Waals surface area contributed by atoms with E-state index < -0.39 is 18.0 Å². The summed E-state index contributed by atoms with van der Waals surface area (Å²) in [5, 5.41) is 0. The summed E-state index contributed by atoms with van der Waals surface area (Å²) in [7, 11) is 0. The SMILES string of the molecule is CCCC(CC(N)=O)OC(=O)c1ccccc1. The van der Waals surface area contributed by atoms with Crippen LogP contribution in [0.2, 0.25) is 0 Å². The van der Waals surface area contributed by atoms with Crippen molar-refractivity contribution in [1.29, 1.82) is 0 Å². The van der Waals surface area contributed by atoms with Crippen LogP contribution in [0.25, 0.3) is 0 Å². The minimum absolute atomic E-state index is 0.0758. The molecule has 0 aromatic heterocycles. The van der Waals surface area contributed by atoms with Crippen LogP contribution in [0.5, 0.6) is 0 Å². The lowest BCUT2D eigenvalue weighted by atomic mass is 10.1. The van der Waals surface area contributed by atoms with Gasteiger partial charge in [-0.05, 0) is 18.6 Å². The molecule has 0 heterocycles. The molecule has 17 heavy (non-hydrogen) atoms. The van der Waals surface area contributed by atoms with Crippen LogP contribution in [-0.4, -0.2) is 18.0 Å². The fraction of sp³-hybridized carbons (Fsp3) is 0.385. The Morgan fingerprint density at radius 2 is 1.94 bits per heavy atom. The van der Waals surface area contributed by atoms with Gasteiger partial charge in [-0.1, -0.05) is 31.5 Å². The Morgan fingerprint density at radius 3 is 2.47 bits per heavy atom. The average molecular weight is 235 g/mol. The molecule has 0 aliphatic heterocycles. The summed E-state index contributed by atoms with van der Waals surface area (Å²) in [6, 6.07) is 8.70. The fourth-order valence-electron chi connectivity index (χ4n) is 1.54. The van der Waals surface area contributed by atoms with Crippen molar-refractivity contribution in [3.05, 3.63) is 35.9 Å². The predicted molar refractivity (Wildman–Crippen MR) is 64.4 cm³/mol. The summed E-state index contributed by atoms with van der Waals surface area (Å²) in [4.78, 5) is 22.6. The van der Waals surface area contributed by atoms with Crippen LogP contribution in [0.3, 0.4) is 0 Å². The number of amides is 1. The zero-order valence-corrected chi connectivity index (χ0v) is 9.89. The highest BCUT2D eigenvalue weighted by atomic mass is 16.5. The van der Waals surface area contributed by atoms with Gasteiger partial charge in [-0.25, -0.2) is 4.79 Å². The number of hydrogen-bond acceptors (Lipinski definition) is 3. The molecule has 0 aliphatic rings. The molecule has 1 rings (SSSR count). The standard InChI is InChI=1S/C13H17NO3/c1-2-6-11(9-12(14)15)17-13(16)10-7-4-3-5-8-10/h3-5,7-8,11H,2,6,9H2,1H3,(H2,14,15). The second-order valence-electron chi connectivity index (χ2n) is 3.85. The van der Waals surface area contributed by atoms with Gasteiger partial charge in [0.2, 0.25) is 5.91 Å². The van der Waals surface area contributed by atoms with E-state index in [0.717, 1.165) is 6.42 Å². The van der Waals surface area contributed by atoms with Crippen molar-refractivity contribution in [2.45, 2.75) is 32.3 Å². The van der Waals surface area contributed by atoms with Crippen molar-refractivity contribution in [2.75, 3.05) is 0 Å². The van der Waals surface area contributed by atoms with Gasteiger partial charge in [0, 0.05) is 0 Å². The summed E-state index contributed by atoms with van der Waals surface area (Å²) < 4.78 is 5.25. The van der Waals surface area contributed by atoms with E-state index in [-0.39, 0.29) is 6.42 Å². The van der Waals surface area contributed by atoms with Crippen molar-refractivity contribution in [2.24, 2.45) is 5.73 Å². The van der Waals surface area contributed by atoms with Crippen LogP contribution in [-0.2, 0) is 9.53 Å². The van der Waals surface area contributed by atoms with Crippen molar-refractivity contribution in [3.8, 4) is 0 Å². The van der Waals surface area contributed by atoms with Crippen LogP contribution in [0.4, 0.5) is 0 Å². The third kappa shape index (κ3) is 4.68. The van der Waals surface area contributed by atoms with E-state index >= 15 is 0 Å². The second-order valence-corrected chi connectivity index (χ2v) is 3.85. The summed E-state index contributed by atoms with van der Waals surface area (Å²) in [5.41, 5.74) is 5.59. The van der Waals surface area contributed by atoms with Crippen molar-refractivity contribution >= 4 is 11.9 Å². The van der Waals surface area contributed by atoms with E-state index in [1.165, 1.54) is 0 Å². The molecule has 0 saturated carbocycles. The number of carbonyl (C=O) groups is 2. The first-order chi connectivity index (χ1) is 8.13. The third-order valence-electron chi connectivity index (χ3n) is 2.32. The highest BCUT2D eigenvalue weighted by Crippen LogP contribution is 2.10. The zero-order chi connectivity index (χ0) is 12.7. The lowest BCUT2D eigenvalue weighted by Gasteiger charge is -2.15. The van der Waals surface area contributed by atoms with Gasteiger partial charge in [0.05, 0.1) is 12.0 Å². The highest BCUT2D eigenvalue weighted by molar-refractivity contribution is 5.89. The number of carbonyl (C=O) groups excluding carboxylic acids is 2. The minimum atomic E-state index is -0.454. The molecular formula is C13H17NO3. The molecule has 4 heteroatoms. The van der Waals surface area contributed by atoms with Crippen LogP contribution in [0.1, 0.15) is 36.5 Å². The topological polar surface area (TPSA) is 69.4 Å². The molecule has 0 spiro atoms. The van der Waals surface area contributed by atoms with Gasteiger partial charge < -0.3 is 10.5 Å².